The number of thiophene rings is 1. The van der Waals surface area contributed by atoms with E-state index in [-0.39, 0.29) is 6.61 Å². The van der Waals surface area contributed by atoms with E-state index in [4.69, 9.17) is 0 Å². The summed E-state index contributed by atoms with van der Waals surface area (Å²) in [5.41, 5.74) is 1.03. The summed E-state index contributed by atoms with van der Waals surface area (Å²) in [5, 5.41) is 11.3. The number of aliphatic hydroxyl groups excluding tert-OH is 1. The molecule has 0 aliphatic carbocycles. The van der Waals surface area contributed by atoms with Gasteiger partial charge in [-0.25, -0.2) is 9.97 Å². The summed E-state index contributed by atoms with van der Waals surface area (Å²) in [4.78, 5) is 11.1. The third-order valence-corrected chi connectivity index (χ3v) is 4.49. The van der Waals surface area contributed by atoms with Gasteiger partial charge in [-0.3, -0.25) is 0 Å². The number of hydrogen-bond donors (Lipinski definition) is 1. The fourth-order valence-corrected chi connectivity index (χ4v) is 3.56. The van der Waals surface area contributed by atoms with Crippen molar-refractivity contribution in [2.45, 2.75) is 31.7 Å². The molecule has 1 unspecified atom stereocenters. The molecular weight excluding hydrogens is 246 g/mol. The van der Waals surface area contributed by atoms with E-state index in [9.17, 15) is 5.11 Å². The quantitative estimate of drug-likeness (QED) is 0.924. The number of piperidine rings is 1. The van der Waals surface area contributed by atoms with Crippen molar-refractivity contribution in [2.75, 3.05) is 18.1 Å². The van der Waals surface area contributed by atoms with Gasteiger partial charge < -0.3 is 10.0 Å². The van der Waals surface area contributed by atoms with Crippen molar-refractivity contribution < 1.29 is 5.11 Å². The van der Waals surface area contributed by atoms with Gasteiger partial charge in [-0.1, -0.05) is 0 Å². The molecule has 0 aromatic carbocycles. The van der Waals surface area contributed by atoms with E-state index < -0.39 is 0 Å². The highest BCUT2D eigenvalue weighted by atomic mass is 32.1. The van der Waals surface area contributed by atoms with E-state index >= 15 is 0 Å². The first kappa shape index (κ1) is 11.9. The third kappa shape index (κ3) is 2.08. The van der Waals surface area contributed by atoms with E-state index in [2.05, 4.69) is 20.2 Å². The molecule has 1 aliphatic heterocycles. The summed E-state index contributed by atoms with van der Waals surface area (Å²) in [6, 6.07) is 2.46. The summed E-state index contributed by atoms with van der Waals surface area (Å²) in [7, 11) is 0. The van der Waals surface area contributed by atoms with Crippen LogP contribution in [0.5, 0.6) is 0 Å². The summed E-state index contributed by atoms with van der Waals surface area (Å²) in [6.07, 6.45) is 6.09. The smallest absolute Gasteiger partial charge is 0.150 e. The molecule has 0 saturated carbocycles. The molecule has 0 bridgehead atoms. The Morgan fingerprint density at radius 1 is 1.39 bits per heavy atom. The maximum absolute atomic E-state index is 9.20. The molecule has 4 nitrogen and oxygen atoms in total. The zero-order chi connectivity index (χ0) is 12.4. The number of hydrogen-bond acceptors (Lipinski definition) is 5. The number of aromatic nitrogens is 2. The van der Waals surface area contributed by atoms with Gasteiger partial charge in [0.15, 0.2) is 0 Å². The van der Waals surface area contributed by atoms with E-state index in [0.717, 1.165) is 30.7 Å². The van der Waals surface area contributed by atoms with Crippen LogP contribution in [0.15, 0.2) is 17.8 Å². The molecule has 0 amide bonds. The maximum Gasteiger partial charge on any atom is 0.150 e. The van der Waals surface area contributed by atoms with Crippen molar-refractivity contribution in [3.8, 4) is 0 Å². The largest absolute Gasteiger partial charge is 0.396 e. The Morgan fingerprint density at radius 2 is 2.33 bits per heavy atom. The zero-order valence-electron chi connectivity index (χ0n) is 10.2. The summed E-state index contributed by atoms with van der Waals surface area (Å²) < 4.78 is 1.17. The fraction of sp³-hybridized carbons (Fsp3) is 0.538. The molecule has 0 spiro atoms. The molecule has 1 atom stereocenters. The predicted octanol–water partition coefficient (Wildman–Crippen LogP) is 2.43. The average molecular weight is 263 g/mol. The van der Waals surface area contributed by atoms with Gasteiger partial charge in [0.05, 0.1) is 10.2 Å². The average Bonchev–Trinajstić information content (AvgIpc) is 2.88. The molecule has 1 aliphatic rings. The molecule has 2 aromatic rings. The lowest BCUT2D eigenvalue weighted by Crippen LogP contribution is -2.40. The molecule has 3 rings (SSSR count). The summed E-state index contributed by atoms with van der Waals surface area (Å²) >= 11 is 1.70. The Morgan fingerprint density at radius 3 is 3.22 bits per heavy atom. The summed E-state index contributed by atoms with van der Waals surface area (Å²) in [6.45, 7) is 1.29. The topological polar surface area (TPSA) is 49.2 Å². The van der Waals surface area contributed by atoms with Crippen LogP contribution in [0, 0.1) is 0 Å². The van der Waals surface area contributed by atoms with Gasteiger partial charge >= 0.3 is 0 Å². The van der Waals surface area contributed by atoms with Gasteiger partial charge in [0, 0.05) is 19.2 Å². The minimum Gasteiger partial charge on any atom is -0.396 e. The minimum absolute atomic E-state index is 0.250. The SMILES string of the molecule is OCCC1CCCCN1c1ncnc2ccsc12. The van der Waals surface area contributed by atoms with E-state index in [1.54, 1.807) is 17.7 Å². The van der Waals surface area contributed by atoms with Crippen LogP contribution in [-0.4, -0.2) is 34.3 Å². The van der Waals surface area contributed by atoms with Gasteiger partial charge in [-0.15, -0.1) is 11.3 Å². The number of fused-ring (bicyclic) bond motifs is 1. The Labute approximate surface area is 110 Å². The van der Waals surface area contributed by atoms with Crippen molar-refractivity contribution in [1.82, 2.24) is 9.97 Å². The van der Waals surface area contributed by atoms with Gasteiger partial charge in [-0.2, -0.15) is 0 Å². The van der Waals surface area contributed by atoms with Crippen molar-refractivity contribution in [2.24, 2.45) is 0 Å². The standard InChI is InChI=1S/C13H17N3OS/c17-7-4-10-3-1-2-6-16(10)13-12-11(5-8-18-12)14-9-15-13/h5,8-10,17H,1-4,6-7H2. The van der Waals surface area contributed by atoms with Crippen molar-refractivity contribution >= 4 is 27.4 Å². The first-order valence-electron chi connectivity index (χ1n) is 6.46. The monoisotopic (exact) mass is 263 g/mol. The highest BCUT2D eigenvalue weighted by Crippen LogP contribution is 2.32. The lowest BCUT2D eigenvalue weighted by molar-refractivity contribution is 0.262. The zero-order valence-corrected chi connectivity index (χ0v) is 11.1. The van der Waals surface area contributed by atoms with E-state index in [1.165, 1.54) is 17.5 Å². The highest BCUT2D eigenvalue weighted by Gasteiger charge is 2.24. The lowest BCUT2D eigenvalue weighted by atomic mass is 9.99. The molecule has 2 aromatic heterocycles. The van der Waals surface area contributed by atoms with Crippen molar-refractivity contribution in [3.05, 3.63) is 17.8 Å². The van der Waals surface area contributed by atoms with Crippen LogP contribution in [0.4, 0.5) is 5.82 Å². The number of rotatable bonds is 3. The van der Waals surface area contributed by atoms with Crippen LogP contribution in [0.3, 0.4) is 0 Å². The van der Waals surface area contributed by atoms with Gasteiger partial charge in [0.1, 0.15) is 12.1 Å². The second kappa shape index (κ2) is 5.20. The molecule has 1 N–H and O–H groups in total. The van der Waals surface area contributed by atoms with Crippen LogP contribution in [-0.2, 0) is 0 Å². The molecule has 96 valence electrons. The van der Waals surface area contributed by atoms with Crippen LogP contribution >= 0.6 is 11.3 Å². The Bertz CT molecular complexity index is 526. The summed E-state index contributed by atoms with van der Waals surface area (Å²) in [5.74, 6) is 1.05. The van der Waals surface area contributed by atoms with Crippen LogP contribution in [0.2, 0.25) is 0 Å². The van der Waals surface area contributed by atoms with Gasteiger partial charge in [0.25, 0.3) is 0 Å². The first-order chi connectivity index (χ1) is 8.90. The molecule has 18 heavy (non-hydrogen) atoms. The van der Waals surface area contributed by atoms with Gasteiger partial charge in [-0.05, 0) is 37.1 Å². The second-order valence-electron chi connectivity index (χ2n) is 4.69. The third-order valence-electron chi connectivity index (χ3n) is 3.59. The molecule has 0 radical (unpaired) electrons. The molecule has 1 fully saturated rings. The number of nitrogens with zero attached hydrogens (tertiary/aromatic N) is 3. The Kier molecular flexibility index (Phi) is 3.43. The minimum atomic E-state index is 0.250. The Hall–Kier alpha value is -1.20. The van der Waals surface area contributed by atoms with Crippen LogP contribution in [0.1, 0.15) is 25.7 Å². The second-order valence-corrected chi connectivity index (χ2v) is 5.60. The molecule has 5 heteroatoms. The van der Waals surface area contributed by atoms with Crippen molar-refractivity contribution in [1.29, 1.82) is 0 Å². The van der Waals surface area contributed by atoms with Crippen LogP contribution < -0.4 is 4.90 Å². The number of anilines is 1. The normalized spacial score (nSPS) is 20.5. The van der Waals surface area contributed by atoms with E-state index in [0.29, 0.717) is 6.04 Å². The fourth-order valence-electron chi connectivity index (χ4n) is 2.71. The first-order valence-corrected chi connectivity index (χ1v) is 7.34. The molecule has 1 saturated heterocycles. The lowest BCUT2D eigenvalue weighted by Gasteiger charge is -2.36. The maximum atomic E-state index is 9.20. The van der Waals surface area contributed by atoms with Crippen molar-refractivity contribution in [3.63, 3.8) is 0 Å². The van der Waals surface area contributed by atoms with Gasteiger partial charge in [0.2, 0.25) is 0 Å². The molecular formula is C13H17N3OS. The molecule has 3 heterocycles. The predicted molar refractivity (Wildman–Crippen MR) is 74.1 cm³/mol. The highest BCUT2D eigenvalue weighted by molar-refractivity contribution is 7.17. The van der Waals surface area contributed by atoms with Crippen LogP contribution in [0.25, 0.3) is 10.2 Å². The Balaban J connectivity index is 1.98. The van der Waals surface area contributed by atoms with E-state index in [1.807, 2.05) is 6.07 Å². The number of aliphatic hydroxyl groups is 1.